The number of rotatable bonds is 12. The van der Waals surface area contributed by atoms with Crippen LogP contribution in [-0.2, 0) is 34.3 Å². The number of hydrogen-bond donors (Lipinski definition) is 2. The minimum absolute atomic E-state index is 0.0971. The minimum Gasteiger partial charge on any atom is -0.496 e. The highest BCUT2D eigenvalue weighted by Gasteiger charge is 2.29. The van der Waals surface area contributed by atoms with Gasteiger partial charge in [0.05, 0.1) is 24.9 Å². The lowest BCUT2D eigenvalue weighted by Gasteiger charge is -2.21. The summed E-state index contributed by atoms with van der Waals surface area (Å²) in [6, 6.07) is 18.3. The van der Waals surface area contributed by atoms with Crippen LogP contribution in [0.25, 0.3) is 10.4 Å². The molecule has 39 heavy (non-hydrogen) atoms. The van der Waals surface area contributed by atoms with Gasteiger partial charge in [-0.15, -0.1) is 11.3 Å². The Kier molecular flexibility index (Phi) is 9.18. The van der Waals surface area contributed by atoms with Crippen LogP contribution in [0, 0.1) is 13.8 Å². The first kappa shape index (κ1) is 28.5. The molecule has 0 spiro atoms. The first-order valence-corrected chi connectivity index (χ1v) is 14.7. The molecule has 4 rings (SSSR count). The average Bonchev–Trinajstić information content (AvgIpc) is 3.56. The fourth-order valence-corrected chi connectivity index (χ4v) is 7.21. The Hall–Kier alpha value is -3.51. The molecule has 0 atom stereocenters. The van der Waals surface area contributed by atoms with Crippen molar-refractivity contribution < 1.29 is 22.5 Å². The molecule has 2 heterocycles. The molecule has 0 aliphatic carbocycles. The topological polar surface area (TPSA) is 128 Å². The van der Waals surface area contributed by atoms with Crippen molar-refractivity contribution in [3.8, 4) is 16.2 Å². The molecule has 0 unspecified atom stereocenters. The van der Waals surface area contributed by atoms with Crippen molar-refractivity contribution in [1.82, 2.24) is 14.8 Å². The van der Waals surface area contributed by atoms with Gasteiger partial charge in [0.15, 0.2) is 0 Å². The van der Waals surface area contributed by atoms with Crippen LogP contribution in [0.3, 0.4) is 0 Å². The summed E-state index contributed by atoms with van der Waals surface area (Å²) in [5, 5.41) is 6.81. The van der Waals surface area contributed by atoms with Crippen molar-refractivity contribution in [2.24, 2.45) is 5.73 Å². The predicted molar refractivity (Wildman–Crippen MR) is 151 cm³/mol. The number of hydrogen-bond acceptors (Lipinski definition) is 8. The molecule has 2 aromatic carbocycles. The summed E-state index contributed by atoms with van der Waals surface area (Å²) < 4.78 is 39.7. The third kappa shape index (κ3) is 6.74. The number of aryl methyl sites for hydroxylation is 2. The zero-order chi connectivity index (χ0) is 28.0. The third-order valence-electron chi connectivity index (χ3n) is 6.35. The Morgan fingerprint density at radius 2 is 1.79 bits per heavy atom. The number of nitrogens with two attached hydrogens (primary N) is 1. The summed E-state index contributed by atoms with van der Waals surface area (Å²) >= 11 is 1.13. The van der Waals surface area contributed by atoms with Crippen LogP contribution in [0.15, 0.2) is 69.4 Å². The Labute approximate surface area is 232 Å². The second kappa shape index (κ2) is 12.6. The van der Waals surface area contributed by atoms with Crippen LogP contribution in [-0.4, -0.2) is 44.0 Å². The number of aromatic nitrogens is 1. The summed E-state index contributed by atoms with van der Waals surface area (Å²) in [5.41, 5.74) is 9.85. The van der Waals surface area contributed by atoms with Crippen molar-refractivity contribution in [2.75, 3.05) is 20.2 Å². The molecule has 11 heteroatoms. The highest BCUT2D eigenvalue weighted by molar-refractivity contribution is 7.91. The molecule has 0 saturated heterocycles. The Balaban J connectivity index is 1.55. The maximum Gasteiger partial charge on any atom is 0.253 e. The summed E-state index contributed by atoms with van der Waals surface area (Å²) in [7, 11) is -2.42. The number of thiophene rings is 1. The Morgan fingerprint density at radius 3 is 2.46 bits per heavy atom. The zero-order valence-corrected chi connectivity index (χ0v) is 23.8. The molecule has 206 valence electrons. The van der Waals surface area contributed by atoms with E-state index in [4.69, 9.17) is 15.0 Å². The first-order valence-electron chi connectivity index (χ1n) is 12.4. The van der Waals surface area contributed by atoms with Crippen LogP contribution in [0.4, 0.5) is 0 Å². The van der Waals surface area contributed by atoms with Crippen LogP contribution in [0.1, 0.15) is 28.1 Å². The number of amides is 1. The van der Waals surface area contributed by atoms with Crippen molar-refractivity contribution >= 4 is 27.3 Å². The monoisotopic (exact) mass is 568 g/mol. The maximum absolute atomic E-state index is 13.8. The molecule has 4 aromatic rings. The highest BCUT2D eigenvalue weighted by atomic mass is 32.2. The van der Waals surface area contributed by atoms with E-state index in [1.807, 2.05) is 55.5 Å². The molecular formula is C28H32N4O5S2. The third-order valence-corrected chi connectivity index (χ3v) is 9.76. The van der Waals surface area contributed by atoms with Crippen LogP contribution < -0.4 is 15.8 Å². The largest absolute Gasteiger partial charge is 0.496 e. The predicted octanol–water partition coefficient (Wildman–Crippen LogP) is 4.04. The molecule has 0 aliphatic rings. The fourth-order valence-electron chi connectivity index (χ4n) is 4.20. The van der Waals surface area contributed by atoms with Crippen molar-refractivity contribution in [2.45, 2.75) is 37.6 Å². The smallest absolute Gasteiger partial charge is 0.253 e. The lowest BCUT2D eigenvalue weighted by molar-refractivity contribution is -0.121. The lowest BCUT2D eigenvalue weighted by atomic mass is 10.1. The summed E-state index contributed by atoms with van der Waals surface area (Å²) in [5.74, 6) is 0.881. The summed E-state index contributed by atoms with van der Waals surface area (Å²) in [4.78, 5) is 13.7. The normalized spacial score (nSPS) is 11.6. The number of benzene rings is 2. The maximum atomic E-state index is 13.8. The quantitative estimate of drug-likeness (QED) is 0.264. The van der Waals surface area contributed by atoms with Gasteiger partial charge in [0.1, 0.15) is 15.7 Å². The van der Waals surface area contributed by atoms with E-state index in [9.17, 15) is 13.2 Å². The second-order valence-electron chi connectivity index (χ2n) is 9.02. The van der Waals surface area contributed by atoms with E-state index in [0.29, 0.717) is 30.2 Å². The molecular weight excluding hydrogens is 536 g/mol. The van der Waals surface area contributed by atoms with E-state index in [2.05, 4.69) is 10.5 Å². The van der Waals surface area contributed by atoms with Crippen molar-refractivity contribution in [3.05, 3.63) is 88.8 Å². The molecule has 0 bridgehead atoms. The van der Waals surface area contributed by atoms with Crippen molar-refractivity contribution in [1.29, 1.82) is 0 Å². The number of methoxy groups -OCH3 is 1. The standard InChI is InChI=1S/C28H32N4O5S2/c1-19-28(20(2)37-31-19)25-12-13-27(38-25)39(34,35)32(15-14-23-6-4-5-7-24(23)36-3)18-26(33)30-17-22-10-8-21(16-29)9-11-22/h4-13H,14-18,29H2,1-3H3,(H,30,33). The van der Waals surface area contributed by atoms with Gasteiger partial charge in [0.25, 0.3) is 10.0 Å². The number of nitrogens with one attached hydrogen (secondary N) is 1. The molecule has 0 radical (unpaired) electrons. The van der Waals surface area contributed by atoms with Gasteiger partial charge in [-0.1, -0.05) is 47.6 Å². The van der Waals surface area contributed by atoms with Gasteiger partial charge in [0, 0.05) is 24.5 Å². The van der Waals surface area contributed by atoms with Crippen LogP contribution in [0.5, 0.6) is 5.75 Å². The van der Waals surface area contributed by atoms with E-state index >= 15 is 0 Å². The molecule has 0 fully saturated rings. The van der Waals surface area contributed by atoms with Gasteiger partial charge in [-0.05, 0) is 55.2 Å². The van der Waals surface area contributed by atoms with E-state index < -0.39 is 15.9 Å². The number of carbonyl (C=O) groups is 1. The Morgan fingerprint density at radius 1 is 1.08 bits per heavy atom. The molecule has 3 N–H and O–H groups in total. The number of nitrogens with zero attached hydrogens (tertiary/aromatic N) is 2. The van der Waals surface area contributed by atoms with E-state index in [-0.39, 0.29) is 23.8 Å². The van der Waals surface area contributed by atoms with Gasteiger partial charge >= 0.3 is 0 Å². The van der Waals surface area contributed by atoms with Gasteiger partial charge in [-0.2, -0.15) is 4.31 Å². The molecule has 0 aliphatic heterocycles. The fraction of sp³-hybridized carbons (Fsp3) is 0.286. The second-order valence-corrected chi connectivity index (χ2v) is 12.3. The van der Waals surface area contributed by atoms with E-state index in [0.717, 1.165) is 38.5 Å². The van der Waals surface area contributed by atoms with Gasteiger partial charge < -0.3 is 20.3 Å². The molecule has 1 amide bonds. The Bertz CT molecular complexity index is 1510. The van der Waals surface area contributed by atoms with Crippen LogP contribution in [0.2, 0.25) is 0 Å². The SMILES string of the molecule is COc1ccccc1CCN(CC(=O)NCc1ccc(CN)cc1)S(=O)(=O)c1ccc(-c2c(C)noc2C)s1. The molecule has 2 aromatic heterocycles. The highest BCUT2D eigenvalue weighted by Crippen LogP contribution is 2.36. The first-order chi connectivity index (χ1) is 18.7. The molecule has 9 nitrogen and oxygen atoms in total. The average molecular weight is 569 g/mol. The zero-order valence-electron chi connectivity index (χ0n) is 22.1. The summed E-state index contributed by atoms with van der Waals surface area (Å²) in [6.07, 6.45) is 0.374. The number of ether oxygens (including phenoxy) is 1. The number of carbonyl (C=O) groups excluding carboxylic acids is 1. The van der Waals surface area contributed by atoms with Gasteiger partial charge in [0.2, 0.25) is 5.91 Å². The molecule has 0 saturated carbocycles. The lowest BCUT2D eigenvalue weighted by Crippen LogP contribution is -2.41. The number of sulfonamides is 1. The summed E-state index contributed by atoms with van der Waals surface area (Å²) in [6.45, 7) is 4.09. The van der Waals surface area contributed by atoms with Gasteiger partial charge in [-0.25, -0.2) is 8.42 Å². The minimum atomic E-state index is -3.99. The van der Waals surface area contributed by atoms with E-state index in [1.165, 1.54) is 4.31 Å². The van der Waals surface area contributed by atoms with Crippen molar-refractivity contribution in [3.63, 3.8) is 0 Å². The van der Waals surface area contributed by atoms with Gasteiger partial charge in [-0.3, -0.25) is 4.79 Å². The van der Waals surface area contributed by atoms with Crippen LogP contribution >= 0.6 is 11.3 Å². The van der Waals surface area contributed by atoms with E-state index in [1.54, 1.807) is 26.2 Å². The number of para-hydroxylation sites is 1.